The van der Waals surface area contributed by atoms with Crippen molar-refractivity contribution >= 4 is 5.91 Å². The Kier molecular flexibility index (Phi) is 4.51. The van der Waals surface area contributed by atoms with E-state index in [0.717, 1.165) is 45.1 Å². The van der Waals surface area contributed by atoms with Crippen molar-refractivity contribution in [3.05, 3.63) is 0 Å². The van der Waals surface area contributed by atoms with Gasteiger partial charge in [-0.25, -0.2) is 0 Å². The highest BCUT2D eigenvalue weighted by Crippen LogP contribution is 2.33. The normalized spacial score (nSPS) is 32.7. The summed E-state index contributed by atoms with van der Waals surface area (Å²) in [5.74, 6) is -0.204. The second-order valence-electron chi connectivity index (χ2n) is 6.88. The van der Waals surface area contributed by atoms with Gasteiger partial charge in [-0.15, -0.1) is 0 Å². The summed E-state index contributed by atoms with van der Waals surface area (Å²) < 4.78 is 0. The van der Waals surface area contributed by atoms with Crippen molar-refractivity contribution in [1.29, 1.82) is 0 Å². The molecule has 0 aromatic rings. The van der Waals surface area contributed by atoms with Crippen molar-refractivity contribution in [2.45, 2.75) is 63.9 Å². The lowest BCUT2D eigenvalue weighted by molar-refractivity contribution is -0.131. The highest BCUT2D eigenvalue weighted by atomic mass is 16.3. The van der Waals surface area contributed by atoms with Gasteiger partial charge >= 0.3 is 0 Å². The van der Waals surface area contributed by atoms with Crippen LogP contribution in [0.3, 0.4) is 0 Å². The zero-order valence-electron chi connectivity index (χ0n) is 12.2. The number of nitrogens with zero attached hydrogens (tertiary/aromatic N) is 1. The van der Waals surface area contributed by atoms with Crippen molar-refractivity contribution in [2.24, 2.45) is 11.1 Å². The third-order valence-corrected chi connectivity index (χ3v) is 4.92. The molecule has 0 aromatic heterocycles. The van der Waals surface area contributed by atoms with E-state index < -0.39 is 11.0 Å². The van der Waals surface area contributed by atoms with Gasteiger partial charge in [0.15, 0.2) is 0 Å². The van der Waals surface area contributed by atoms with E-state index in [1.165, 1.54) is 12.8 Å². The molecule has 0 aromatic carbocycles. The molecule has 2 aliphatic rings. The molecule has 0 bridgehead atoms. The van der Waals surface area contributed by atoms with Crippen LogP contribution in [0.15, 0.2) is 0 Å². The molecule has 19 heavy (non-hydrogen) atoms. The molecular weight excluding hydrogens is 240 g/mol. The number of carbonyl (C=O) groups excluding carboxylic acids is 1. The maximum Gasteiger partial charge on any atom is 0.224 e. The van der Waals surface area contributed by atoms with E-state index in [0.29, 0.717) is 13.1 Å². The molecule has 110 valence electrons. The maximum absolute atomic E-state index is 11.6. The molecule has 1 saturated heterocycles. The van der Waals surface area contributed by atoms with Crippen LogP contribution in [0.4, 0.5) is 0 Å². The van der Waals surface area contributed by atoms with Gasteiger partial charge < -0.3 is 10.8 Å². The fourth-order valence-electron chi connectivity index (χ4n) is 3.64. The molecule has 1 saturated carbocycles. The number of nitrogens with two attached hydrogens (primary N) is 1. The SMILES string of the molecule is C[C@@]1(C(N)=O)CCCN(CC2(O)CCCCCC2)C1. The second kappa shape index (κ2) is 5.80. The minimum Gasteiger partial charge on any atom is -0.389 e. The highest BCUT2D eigenvalue weighted by Gasteiger charge is 2.39. The quantitative estimate of drug-likeness (QED) is 0.765. The molecule has 0 spiro atoms. The smallest absolute Gasteiger partial charge is 0.224 e. The lowest BCUT2D eigenvalue weighted by Gasteiger charge is -2.42. The highest BCUT2D eigenvalue weighted by molar-refractivity contribution is 5.80. The summed E-state index contributed by atoms with van der Waals surface area (Å²) in [6, 6.07) is 0. The number of piperidine rings is 1. The Morgan fingerprint density at radius 2 is 1.79 bits per heavy atom. The van der Waals surface area contributed by atoms with E-state index in [1.807, 2.05) is 6.92 Å². The largest absolute Gasteiger partial charge is 0.389 e. The molecule has 4 heteroatoms. The number of rotatable bonds is 3. The minimum atomic E-state index is -0.549. The molecule has 1 atom stereocenters. The molecule has 3 N–H and O–H groups in total. The Morgan fingerprint density at radius 1 is 1.16 bits per heavy atom. The molecule has 1 aliphatic carbocycles. The van der Waals surface area contributed by atoms with E-state index in [9.17, 15) is 9.90 Å². The first-order valence-corrected chi connectivity index (χ1v) is 7.68. The van der Waals surface area contributed by atoms with Crippen molar-refractivity contribution in [3.8, 4) is 0 Å². The topological polar surface area (TPSA) is 66.6 Å². The Hall–Kier alpha value is -0.610. The van der Waals surface area contributed by atoms with Gasteiger partial charge in [-0.3, -0.25) is 9.69 Å². The van der Waals surface area contributed by atoms with Crippen LogP contribution in [-0.4, -0.2) is 41.1 Å². The van der Waals surface area contributed by atoms with Gasteiger partial charge in [0.25, 0.3) is 0 Å². The van der Waals surface area contributed by atoms with Crippen LogP contribution in [0.1, 0.15) is 58.3 Å². The molecular formula is C15H28N2O2. The van der Waals surface area contributed by atoms with Gasteiger partial charge in [-0.05, 0) is 39.2 Å². The number of primary amides is 1. The first kappa shape index (κ1) is 14.8. The molecule has 4 nitrogen and oxygen atoms in total. The molecule has 1 aliphatic heterocycles. The first-order chi connectivity index (χ1) is 8.94. The van der Waals surface area contributed by atoms with Gasteiger partial charge in [0, 0.05) is 13.1 Å². The third kappa shape index (κ3) is 3.69. The van der Waals surface area contributed by atoms with Crippen molar-refractivity contribution in [1.82, 2.24) is 4.90 Å². The van der Waals surface area contributed by atoms with Crippen molar-refractivity contribution in [2.75, 3.05) is 19.6 Å². The van der Waals surface area contributed by atoms with Crippen molar-refractivity contribution < 1.29 is 9.90 Å². The average Bonchev–Trinajstić information content (AvgIpc) is 2.54. The lowest BCUT2D eigenvalue weighted by Crippen LogP contribution is -2.53. The monoisotopic (exact) mass is 268 g/mol. The van der Waals surface area contributed by atoms with Gasteiger partial charge in [0.05, 0.1) is 11.0 Å². The molecule has 1 amide bonds. The Bertz CT molecular complexity index is 324. The number of carbonyl (C=O) groups is 1. The molecule has 2 fully saturated rings. The van der Waals surface area contributed by atoms with Crippen LogP contribution in [-0.2, 0) is 4.79 Å². The van der Waals surface area contributed by atoms with Gasteiger partial charge in [-0.1, -0.05) is 25.7 Å². The predicted octanol–water partition coefficient (Wildman–Crippen LogP) is 1.66. The van der Waals surface area contributed by atoms with Gasteiger partial charge in [0.1, 0.15) is 0 Å². The standard InChI is InChI=1S/C15H28N2O2/c1-14(13(16)18)7-6-10-17(11-14)12-15(19)8-4-2-3-5-9-15/h19H,2-12H2,1H3,(H2,16,18)/t14-/m1/s1. The molecule has 0 unspecified atom stereocenters. The van der Waals surface area contributed by atoms with E-state index >= 15 is 0 Å². The van der Waals surface area contributed by atoms with Crippen LogP contribution in [0.2, 0.25) is 0 Å². The zero-order chi connectivity index (χ0) is 13.9. The summed E-state index contributed by atoms with van der Waals surface area (Å²) in [7, 11) is 0. The Balaban J connectivity index is 1.96. The number of β-amino-alcohol motifs (C(OH)–C–C–N with tert-alkyl or cyclic N) is 1. The van der Waals surface area contributed by atoms with E-state index in [1.54, 1.807) is 0 Å². The van der Waals surface area contributed by atoms with E-state index in [-0.39, 0.29) is 5.91 Å². The van der Waals surface area contributed by atoms with Crippen molar-refractivity contribution in [3.63, 3.8) is 0 Å². The average molecular weight is 268 g/mol. The van der Waals surface area contributed by atoms with Crippen LogP contribution in [0, 0.1) is 5.41 Å². The van der Waals surface area contributed by atoms with Gasteiger partial charge in [0.2, 0.25) is 5.91 Å². The number of aliphatic hydroxyl groups is 1. The van der Waals surface area contributed by atoms with Crippen LogP contribution in [0.25, 0.3) is 0 Å². The number of hydrogen-bond donors (Lipinski definition) is 2. The fourth-order valence-corrected chi connectivity index (χ4v) is 3.64. The zero-order valence-corrected chi connectivity index (χ0v) is 12.2. The lowest BCUT2D eigenvalue weighted by atomic mass is 9.80. The molecule has 1 heterocycles. The summed E-state index contributed by atoms with van der Waals surface area (Å²) in [5.41, 5.74) is 4.56. The van der Waals surface area contributed by atoms with Crippen LogP contribution >= 0.6 is 0 Å². The Labute approximate surface area is 116 Å². The first-order valence-electron chi connectivity index (χ1n) is 7.68. The van der Waals surface area contributed by atoms with Crippen LogP contribution < -0.4 is 5.73 Å². The minimum absolute atomic E-state index is 0.204. The van der Waals surface area contributed by atoms with Crippen LogP contribution in [0.5, 0.6) is 0 Å². The summed E-state index contributed by atoms with van der Waals surface area (Å²) >= 11 is 0. The fraction of sp³-hybridized carbons (Fsp3) is 0.933. The van der Waals surface area contributed by atoms with E-state index in [2.05, 4.69) is 4.90 Å². The summed E-state index contributed by atoms with van der Waals surface area (Å²) in [4.78, 5) is 13.8. The number of likely N-dealkylation sites (tertiary alicyclic amines) is 1. The molecule has 2 rings (SSSR count). The predicted molar refractivity (Wildman–Crippen MR) is 75.6 cm³/mol. The van der Waals surface area contributed by atoms with E-state index in [4.69, 9.17) is 5.73 Å². The molecule has 0 radical (unpaired) electrons. The Morgan fingerprint density at radius 3 is 2.37 bits per heavy atom. The number of amides is 1. The third-order valence-electron chi connectivity index (χ3n) is 4.92. The van der Waals surface area contributed by atoms with Gasteiger partial charge in [-0.2, -0.15) is 0 Å². The summed E-state index contributed by atoms with van der Waals surface area (Å²) in [6.45, 7) is 4.34. The summed E-state index contributed by atoms with van der Waals surface area (Å²) in [5, 5.41) is 10.8. The number of hydrogen-bond acceptors (Lipinski definition) is 3. The summed E-state index contributed by atoms with van der Waals surface area (Å²) in [6.07, 6.45) is 8.39. The second-order valence-corrected chi connectivity index (χ2v) is 6.88. The maximum atomic E-state index is 11.6.